The first-order valence-electron chi connectivity index (χ1n) is 7.68. The molecule has 2 heterocycles. The molecule has 1 aliphatic heterocycles. The first-order valence-corrected chi connectivity index (χ1v) is 8.49. The number of thiazole rings is 1. The molecule has 2 unspecified atom stereocenters. The second-order valence-corrected chi connectivity index (χ2v) is 6.80. The van der Waals surface area contributed by atoms with Crippen molar-refractivity contribution in [2.24, 2.45) is 5.92 Å². The van der Waals surface area contributed by atoms with E-state index in [1.165, 1.54) is 54.1 Å². The molecule has 106 valence electrons. The minimum Gasteiger partial charge on any atom is -0.381 e. The molecule has 2 aliphatic rings. The standard InChI is InChI=1S/C15H24N2OS/c1-2-8-16-14(11-5-4-9-18-10-11)15-17-12-6-3-7-13(12)19-15/h11,14,16H,2-10H2,1H3. The minimum atomic E-state index is 0.413. The zero-order valence-electron chi connectivity index (χ0n) is 11.8. The fraction of sp³-hybridized carbons (Fsp3) is 0.800. The molecule has 1 N–H and O–H groups in total. The number of fused-ring (bicyclic) bond motifs is 1. The van der Waals surface area contributed by atoms with Gasteiger partial charge in [-0.2, -0.15) is 0 Å². The van der Waals surface area contributed by atoms with Crippen LogP contribution in [0.25, 0.3) is 0 Å². The van der Waals surface area contributed by atoms with Gasteiger partial charge in [0.1, 0.15) is 5.01 Å². The van der Waals surface area contributed by atoms with Crippen LogP contribution in [0.3, 0.4) is 0 Å². The van der Waals surface area contributed by atoms with Crippen molar-refractivity contribution in [3.05, 3.63) is 15.6 Å². The molecule has 0 amide bonds. The lowest BCUT2D eigenvalue weighted by Gasteiger charge is -2.29. The highest BCUT2D eigenvalue weighted by molar-refractivity contribution is 7.11. The van der Waals surface area contributed by atoms with Crippen LogP contribution in [0.4, 0.5) is 0 Å². The number of nitrogens with zero attached hydrogens (tertiary/aromatic N) is 1. The van der Waals surface area contributed by atoms with Gasteiger partial charge in [0.05, 0.1) is 18.3 Å². The predicted octanol–water partition coefficient (Wildman–Crippen LogP) is 3.10. The van der Waals surface area contributed by atoms with Crippen LogP contribution < -0.4 is 5.32 Å². The highest BCUT2D eigenvalue weighted by Crippen LogP contribution is 2.35. The lowest BCUT2D eigenvalue weighted by Crippen LogP contribution is -2.33. The van der Waals surface area contributed by atoms with Gasteiger partial charge in [-0.05, 0) is 45.1 Å². The smallest absolute Gasteiger partial charge is 0.110 e. The molecular weight excluding hydrogens is 256 g/mol. The number of hydrogen-bond donors (Lipinski definition) is 1. The van der Waals surface area contributed by atoms with Crippen molar-refractivity contribution in [2.45, 2.75) is 51.5 Å². The Morgan fingerprint density at radius 3 is 3.11 bits per heavy atom. The third-order valence-corrected chi connectivity index (χ3v) is 5.40. The van der Waals surface area contributed by atoms with E-state index in [-0.39, 0.29) is 0 Å². The number of hydrogen-bond acceptors (Lipinski definition) is 4. The van der Waals surface area contributed by atoms with Gasteiger partial charge in [0.25, 0.3) is 0 Å². The van der Waals surface area contributed by atoms with Crippen LogP contribution >= 0.6 is 11.3 Å². The summed E-state index contributed by atoms with van der Waals surface area (Å²) in [5.74, 6) is 0.603. The highest BCUT2D eigenvalue weighted by Gasteiger charge is 2.29. The fourth-order valence-electron chi connectivity index (χ4n) is 3.13. The Hall–Kier alpha value is -0.450. The third kappa shape index (κ3) is 3.01. The van der Waals surface area contributed by atoms with Gasteiger partial charge in [-0.3, -0.25) is 0 Å². The van der Waals surface area contributed by atoms with Gasteiger partial charge >= 0.3 is 0 Å². The van der Waals surface area contributed by atoms with Crippen molar-refractivity contribution in [3.63, 3.8) is 0 Å². The number of aromatic nitrogens is 1. The second-order valence-electron chi connectivity index (χ2n) is 5.68. The molecule has 0 bridgehead atoms. The van der Waals surface area contributed by atoms with Crippen molar-refractivity contribution in [3.8, 4) is 0 Å². The Kier molecular flexibility index (Phi) is 4.51. The molecule has 0 spiro atoms. The van der Waals surface area contributed by atoms with Crippen molar-refractivity contribution < 1.29 is 4.74 Å². The average molecular weight is 280 g/mol. The summed E-state index contributed by atoms with van der Waals surface area (Å²) in [6, 6.07) is 0.413. The Labute approximate surface area is 119 Å². The molecule has 1 aliphatic carbocycles. The van der Waals surface area contributed by atoms with E-state index < -0.39 is 0 Å². The van der Waals surface area contributed by atoms with Gasteiger partial charge < -0.3 is 10.1 Å². The molecular formula is C15H24N2OS. The summed E-state index contributed by atoms with van der Waals surface area (Å²) in [6.45, 7) is 5.13. The van der Waals surface area contributed by atoms with Crippen LogP contribution in [0.2, 0.25) is 0 Å². The number of rotatable bonds is 5. The summed E-state index contributed by atoms with van der Waals surface area (Å²) in [4.78, 5) is 6.46. The maximum absolute atomic E-state index is 5.68. The zero-order valence-corrected chi connectivity index (χ0v) is 12.6. The number of aryl methyl sites for hydroxylation is 2. The summed E-state index contributed by atoms with van der Waals surface area (Å²) >= 11 is 1.95. The lowest BCUT2D eigenvalue weighted by atomic mass is 9.94. The summed E-state index contributed by atoms with van der Waals surface area (Å²) < 4.78 is 5.68. The zero-order chi connectivity index (χ0) is 13.1. The summed E-state index contributed by atoms with van der Waals surface area (Å²) in [5, 5.41) is 5.03. The van der Waals surface area contributed by atoms with Crippen LogP contribution in [0, 0.1) is 5.92 Å². The van der Waals surface area contributed by atoms with Crippen LogP contribution in [-0.2, 0) is 17.6 Å². The van der Waals surface area contributed by atoms with Crippen molar-refractivity contribution in [1.29, 1.82) is 0 Å². The molecule has 0 saturated carbocycles. The van der Waals surface area contributed by atoms with E-state index in [1.54, 1.807) is 0 Å². The molecule has 1 saturated heterocycles. The molecule has 0 aromatic carbocycles. The van der Waals surface area contributed by atoms with Crippen molar-refractivity contribution in [1.82, 2.24) is 10.3 Å². The maximum Gasteiger partial charge on any atom is 0.110 e. The summed E-state index contributed by atoms with van der Waals surface area (Å²) in [5.41, 5.74) is 1.38. The van der Waals surface area contributed by atoms with E-state index in [2.05, 4.69) is 12.2 Å². The van der Waals surface area contributed by atoms with E-state index in [1.807, 2.05) is 11.3 Å². The van der Waals surface area contributed by atoms with E-state index in [4.69, 9.17) is 9.72 Å². The first kappa shape index (κ1) is 13.5. The normalized spacial score (nSPS) is 24.4. The molecule has 4 heteroatoms. The van der Waals surface area contributed by atoms with Gasteiger partial charge in [0.2, 0.25) is 0 Å². The monoisotopic (exact) mass is 280 g/mol. The second kappa shape index (κ2) is 6.33. The Morgan fingerprint density at radius 2 is 2.37 bits per heavy atom. The molecule has 19 heavy (non-hydrogen) atoms. The van der Waals surface area contributed by atoms with E-state index in [0.29, 0.717) is 12.0 Å². The number of nitrogens with one attached hydrogen (secondary N) is 1. The SMILES string of the molecule is CCCNC(c1nc2c(s1)CCC2)C1CCCOC1. The average Bonchev–Trinajstić information content (AvgIpc) is 3.02. The van der Waals surface area contributed by atoms with E-state index >= 15 is 0 Å². The molecule has 0 radical (unpaired) electrons. The predicted molar refractivity (Wildman–Crippen MR) is 78.7 cm³/mol. The third-order valence-electron chi connectivity index (χ3n) is 4.16. The van der Waals surface area contributed by atoms with Crippen molar-refractivity contribution >= 4 is 11.3 Å². The minimum absolute atomic E-state index is 0.413. The van der Waals surface area contributed by atoms with Gasteiger partial charge in [0.15, 0.2) is 0 Å². The van der Waals surface area contributed by atoms with Crippen molar-refractivity contribution in [2.75, 3.05) is 19.8 Å². The van der Waals surface area contributed by atoms with Gasteiger partial charge in [-0.15, -0.1) is 11.3 Å². The van der Waals surface area contributed by atoms with Gasteiger partial charge in [-0.1, -0.05) is 6.92 Å². The maximum atomic E-state index is 5.68. The Bertz CT molecular complexity index is 391. The van der Waals surface area contributed by atoms with Gasteiger partial charge in [0, 0.05) is 17.4 Å². The number of ether oxygens (including phenoxy) is 1. The largest absolute Gasteiger partial charge is 0.381 e. The molecule has 3 rings (SSSR count). The topological polar surface area (TPSA) is 34.2 Å². The molecule has 1 aromatic rings. The van der Waals surface area contributed by atoms with Crippen LogP contribution in [0.5, 0.6) is 0 Å². The summed E-state index contributed by atoms with van der Waals surface area (Å²) in [7, 11) is 0. The van der Waals surface area contributed by atoms with E-state index in [9.17, 15) is 0 Å². The Morgan fingerprint density at radius 1 is 1.42 bits per heavy atom. The van der Waals surface area contributed by atoms with Crippen LogP contribution in [-0.4, -0.2) is 24.7 Å². The molecule has 1 aromatic heterocycles. The molecule has 2 atom stereocenters. The Balaban J connectivity index is 1.76. The highest BCUT2D eigenvalue weighted by atomic mass is 32.1. The van der Waals surface area contributed by atoms with Gasteiger partial charge in [-0.25, -0.2) is 4.98 Å². The molecule has 1 fully saturated rings. The fourth-order valence-corrected chi connectivity index (χ4v) is 4.45. The molecule has 3 nitrogen and oxygen atoms in total. The van der Waals surface area contributed by atoms with Crippen LogP contribution in [0.1, 0.15) is 54.2 Å². The first-order chi connectivity index (χ1) is 9.38. The quantitative estimate of drug-likeness (QED) is 0.900. The lowest BCUT2D eigenvalue weighted by molar-refractivity contribution is 0.0390. The summed E-state index contributed by atoms with van der Waals surface area (Å²) in [6.07, 6.45) is 7.37. The van der Waals surface area contributed by atoms with Crippen LogP contribution in [0.15, 0.2) is 0 Å². The van der Waals surface area contributed by atoms with E-state index in [0.717, 1.165) is 19.8 Å².